The molecule has 1 unspecified atom stereocenters. The number of hydrogen-bond donors (Lipinski definition) is 0. The van der Waals surface area contributed by atoms with Gasteiger partial charge in [0, 0.05) is 32.4 Å². The van der Waals surface area contributed by atoms with E-state index < -0.39 is 25.4 Å². The number of nitrogens with zero attached hydrogens (tertiary/aromatic N) is 1. The Balaban J connectivity index is 5.43. The maximum atomic E-state index is 13.4. The molecular weight excluding hydrogens is 479 g/mol. The Morgan fingerprint density at radius 3 is 1.50 bits per heavy atom. The van der Waals surface area contributed by atoms with Crippen LogP contribution < -0.4 is 0 Å². The van der Waals surface area contributed by atoms with Gasteiger partial charge in [-0.15, -0.1) is 0 Å². The minimum Gasteiger partial charge on any atom is -0.518 e. The first-order valence-electron chi connectivity index (χ1n) is 13.5. The summed E-state index contributed by atoms with van der Waals surface area (Å²) < 4.78 is 27.1. The lowest BCUT2D eigenvalue weighted by molar-refractivity contribution is -0.140. The fraction of sp³-hybridized carbons (Fsp3) is 0.960. The molecule has 0 amide bonds. The molecule has 0 aliphatic heterocycles. The van der Waals surface area contributed by atoms with Crippen molar-refractivity contribution in [2.75, 3.05) is 32.9 Å². The van der Waals surface area contributed by atoms with Crippen LogP contribution in [-0.2, 0) is 22.5 Å². The van der Waals surface area contributed by atoms with Gasteiger partial charge in [0.15, 0.2) is 0 Å². The highest BCUT2D eigenvalue weighted by Crippen LogP contribution is 2.42. The molecule has 0 fully saturated rings. The second kappa shape index (κ2) is 15.3. The van der Waals surface area contributed by atoms with E-state index in [9.17, 15) is 4.79 Å². The lowest BCUT2D eigenvalue weighted by atomic mass is 10.2. The highest BCUT2D eigenvalue weighted by Gasteiger charge is 2.49. The van der Waals surface area contributed by atoms with Gasteiger partial charge in [0.05, 0.1) is 5.92 Å². The van der Waals surface area contributed by atoms with Gasteiger partial charge in [0.1, 0.15) is 8.24 Å². The molecule has 0 saturated heterocycles. The van der Waals surface area contributed by atoms with Crippen LogP contribution >= 0.6 is 0 Å². The largest absolute Gasteiger partial charge is 0.518 e. The van der Waals surface area contributed by atoms with Gasteiger partial charge >= 0.3 is 8.80 Å². The minimum absolute atomic E-state index is 0.0207. The molecule has 0 spiro atoms. The van der Waals surface area contributed by atoms with Crippen LogP contribution in [0.25, 0.3) is 0 Å². The molecule has 9 heteroatoms. The van der Waals surface area contributed by atoms with Crippen LogP contribution in [0.3, 0.4) is 0 Å². The highest BCUT2D eigenvalue weighted by molar-refractivity contribution is 6.79. The van der Waals surface area contributed by atoms with Crippen LogP contribution in [0.1, 0.15) is 75.7 Å². The average Bonchev–Trinajstić information content (AvgIpc) is 2.69. The monoisotopic (exact) mass is 535 g/mol. The van der Waals surface area contributed by atoms with Gasteiger partial charge in [0.25, 0.3) is 14.3 Å². The van der Waals surface area contributed by atoms with E-state index in [2.05, 4.69) is 65.7 Å². The number of carbonyl (C=O) groups is 1. The summed E-state index contributed by atoms with van der Waals surface area (Å²) >= 11 is 0. The molecule has 0 aromatic rings. The van der Waals surface area contributed by atoms with E-state index in [1.165, 1.54) is 0 Å². The molecule has 0 rings (SSSR count). The topological polar surface area (TPSA) is 57.2 Å². The molecule has 0 aliphatic carbocycles. The van der Waals surface area contributed by atoms with Crippen molar-refractivity contribution in [1.82, 2.24) is 4.57 Å². The minimum atomic E-state index is -2.65. The number of hydrogen-bond acceptors (Lipinski definition) is 6. The van der Waals surface area contributed by atoms with Crippen LogP contribution in [0.15, 0.2) is 0 Å². The zero-order valence-electron chi connectivity index (χ0n) is 24.7. The van der Waals surface area contributed by atoms with E-state index in [0.29, 0.717) is 36.4 Å². The number of carbonyl (C=O) groups excluding carboxylic acids is 1. The van der Waals surface area contributed by atoms with Gasteiger partial charge in [-0.2, -0.15) is 0 Å². The van der Waals surface area contributed by atoms with Crippen molar-refractivity contribution in [3.8, 4) is 0 Å². The fourth-order valence-corrected chi connectivity index (χ4v) is 14.7. The SMILES string of the molecule is CCO[Si](CCCN(CC(C)C(=O)O[Si](C(C)C)(C(C)C)C(C)C)[Si](C)(C)C)(OCC)OCC. The standard InChI is InChI=1S/C25H57NO5Si3/c1-14-28-33(29-15-2,30-16-3)19-17-18-26(32(11,12)13)20-24(10)25(27)31-34(21(4)5,22(6)7)23(8)9/h21-24H,14-20H2,1-13H3. The van der Waals surface area contributed by atoms with E-state index in [-0.39, 0.29) is 11.9 Å². The van der Waals surface area contributed by atoms with Crippen molar-refractivity contribution < 1.29 is 22.5 Å². The van der Waals surface area contributed by atoms with E-state index in [4.69, 9.17) is 17.7 Å². The molecule has 6 nitrogen and oxygen atoms in total. The molecule has 0 aliphatic rings. The average molecular weight is 536 g/mol. The maximum absolute atomic E-state index is 13.4. The van der Waals surface area contributed by atoms with E-state index in [1.807, 2.05) is 27.7 Å². The van der Waals surface area contributed by atoms with Crippen LogP contribution in [0.2, 0.25) is 42.3 Å². The first kappa shape index (κ1) is 34.0. The van der Waals surface area contributed by atoms with E-state index in [0.717, 1.165) is 25.6 Å². The first-order valence-corrected chi connectivity index (χ1v) is 21.0. The molecule has 34 heavy (non-hydrogen) atoms. The fourth-order valence-electron chi connectivity index (χ4n) is 5.22. The smallest absolute Gasteiger partial charge is 0.500 e. The van der Waals surface area contributed by atoms with Crippen LogP contribution in [-0.4, -0.2) is 68.8 Å². The zero-order chi connectivity index (χ0) is 26.7. The third kappa shape index (κ3) is 9.78. The summed E-state index contributed by atoms with van der Waals surface area (Å²) in [6.45, 7) is 31.9. The first-order chi connectivity index (χ1) is 15.6. The van der Waals surface area contributed by atoms with Crippen LogP contribution in [0, 0.1) is 5.92 Å². The molecule has 1 atom stereocenters. The van der Waals surface area contributed by atoms with Gasteiger partial charge in [-0.1, -0.05) is 68.1 Å². The van der Waals surface area contributed by atoms with Gasteiger partial charge in [-0.25, -0.2) is 0 Å². The van der Waals surface area contributed by atoms with E-state index in [1.54, 1.807) is 0 Å². The van der Waals surface area contributed by atoms with Crippen molar-refractivity contribution in [1.29, 1.82) is 0 Å². The predicted molar refractivity (Wildman–Crippen MR) is 151 cm³/mol. The molecule has 0 aromatic heterocycles. The van der Waals surface area contributed by atoms with Gasteiger partial charge < -0.3 is 22.3 Å². The summed E-state index contributed by atoms with van der Waals surface area (Å²) in [7, 11) is -6.52. The maximum Gasteiger partial charge on any atom is 0.500 e. The quantitative estimate of drug-likeness (QED) is 0.178. The van der Waals surface area contributed by atoms with E-state index >= 15 is 0 Å². The van der Waals surface area contributed by atoms with Gasteiger partial charge in [0.2, 0.25) is 0 Å². The lowest BCUT2D eigenvalue weighted by Crippen LogP contribution is -2.53. The molecule has 204 valence electrons. The van der Waals surface area contributed by atoms with Crippen molar-refractivity contribution in [3.05, 3.63) is 0 Å². The lowest BCUT2D eigenvalue weighted by Gasteiger charge is -2.42. The summed E-state index contributed by atoms with van der Waals surface area (Å²) in [5, 5.41) is 0. The molecule has 0 N–H and O–H groups in total. The molecular formula is C25H57NO5Si3. The summed E-state index contributed by atoms with van der Waals surface area (Å²) in [4.78, 5) is 13.4. The summed E-state index contributed by atoms with van der Waals surface area (Å²) in [5.41, 5.74) is 1.18. The highest BCUT2D eigenvalue weighted by atomic mass is 28.4. The molecule has 0 bridgehead atoms. The third-order valence-electron chi connectivity index (χ3n) is 6.83. The predicted octanol–water partition coefficient (Wildman–Crippen LogP) is 6.92. The van der Waals surface area contributed by atoms with Crippen molar-refractivity contribution in [2.24, 2.45) is 5.92 Å². The van der Waals surface area contributed by atoms with Crippen LogP contribution in [0.4, 0.5) is 0 Å². The summed E-state index contributed by atoms with van der Waals surface area (Å²) in [6.07, 6.45) is 0.931. The normalized spacial score (nSPS) is 14.5. The Labute approximate surface area is 215 Å². The Morgan fingerprint density at radius 1 is 0.765 bits per heavy atom. The Hall–Kier alpha value is -0.0394. The van der Waals surface area contributed by atoms with Gasteiger partial charge in [-0.05, 0) is 50.4 Å². The van der Waals surface area contributed by atoms with Crippen molar-refractivity contribution >= 4 is 31.3 Å². The summed E-state index contributed by atoms with van der Waals surface area (Å²) in [6, 6.07) is 0.798. The third-order valence-corrected chi connectivity index (χ3v) is 18.3. The summed E-state index contributed by atoms with van der Waals surface area (Å²) in [5.74, 6) is -0.171. The zero-order valence-corrected chi connectivity index (χ0v) is 27.7. The molecule has 0 heterocycles. The molecule has 0 aromatic carbocycles. The Morgan fingerprint density at radius 2 is 1.18 bits per heavy atom. The van der Waals surface area contributed by atoms with Crippen molar-refractivity contribution in [2.45, 2.75) is 118 Å². The second-order valence-electron chi connectivity index (χ2n) is 11.3. The Bertz CT molecular complexity index is 543. The Kier molecular flexibility index (Phi) is 15.2. The molecule has 0 saturated carbocycles. The van der Waals surface area contributed by atoms with Gasteiger partial charge in [-0.3, -0.25) is 4.79 Å². The molecule has 0 radical (unpaired) electrons. The van der Waals surface area contributed by atoms with Crippen LogP contribution in [0.5, 0.6) is 0 Å². The van der Waals surface area contributed by atoms with Crippen molar-refractivity contribution in [3.63, 3.8) is 0 Å². The second-order valence-corrected chi connectivity index (χ2v) is 24.4. The number of rotatable bonds is 18.